The van der Waals surface area contributed by atoms with E-state index in [0.717, 1.165) is 51.4 Å². The molecular weight excluding hydrogens is 836 g/mol. The lowest BCUT2D eigenvalue weighted by Crippen LogP contribution is -2.67. The molecule has 0 radical (unpaired) electrons. The molecule has 3 aliphatic heterocycles. The molecule has 22 atom stereocenters. The Labute approximate surface area is 376 Å². The van der Waals surface area contributed by atoms with Crippen LogP contribution in [0.2, 0.25) is 0 Å². The molecule has 0 amide bonds. The van der Waals surface area contributed by atoms with Crippen LogP contribution in [0, 0.1) is 50.2 Å². The number of hydrogen-bond donors (Lipinski definition) is 10. The van der Waals surface area contributed by atoms with Gasteiger partial charge in [-0.3, -0.25) is 4.79 Å². The Kier molecular flexibility index (Phi) is 13.2. The third-order valence-electron chi connectivity index (χ3n) is 19.0. The predicted octanol–water partition coefficient (Wildman–Crippen LogP) is 1.35. The molecule has 17 heteroatoms. The maximum absolute atomic E-state index is 13.1. The molecule has 4 saturated carbocycles. The van der Waals surface area contributed by atoms with Gasteiger partial charge >= 0.3 is 5.97 Å². The second-order valence-corrected chi connectivity index (χ2v) is 23.1. The standard InChI is InChI=1S/C47H76O17/c1-42(2)14-16-47(41(57)58)17-15-45(6)22(23(47)18-42)8-9-28-44(5)12-11-29(43(3,4)27(44)10-13-46(28,45)7)63-40-36(56)37(32(52)25(19-48)61-40)64-39-35(55)33(53)31(51)26(62-39)21-60-38-34(54)30(50)24(49)20-59-38/h8,23-40,48-56H,9-21H2,1-7H3,(H,57,58)/t23-,24+,25+,26+,27-,28+,29-,30-,31+,32+,33-,34+,35+,36+,37-,38-,39-,40-,44-,45+,46+,47-/m0/s1. The number of carboxylic acids is 1. The molecule has 0 unspecified atom stereocenters. The molecule has 8 aliphatic rings. The van der Waals surface area contributed by atoms with Gasteiger partial charge in [-0.1, -0.05) is 60.1 Å². The van der Waals surface area contributed by atoms with E-state index >= 15 is 0 Å². The van der Waals surface area contributed by atoms with E-state index in [1.807, 2.05) is 0 Å². The van der Waals surface area contributed by atoms with Crippen molar-refractivity contribution in [1.29, 1.82) is 0 Å². The van der Waals surface area contributed by atoms with E-state index in [-0.39, 0.29) is 40.1 Å². The molecule has 366 valence electrons. The summed E-state index contributed by atoms with van der Waals surface area (Å²) in [7, 11) is 0. The highest BCUT2D eigenvalue weighted by molar-refractivity contribution is 5.76. The molecule has 3 saturated heterocycles. The van der Waals surface area contributed by atoms with E-state index in [1.165, 1.54) is 5.57 Å². The van der Waals surface area contributed by atoms with Gasteiger partial charge in [-0.2, -0.15) is 0 Å². The van der Waals surface area contributed by atoms with Gasteiger partial charge in [0.1, 0.15) is 67.1 Å². The molecule has 5 aliphatic carbocycles. The van der Waals surface area contributed by atoms with Crippen molar-refractivity contribution in [1.82, 2.24) is 0 Å². The molecule has 0 aromatic heterocycles. The maximum atomic E-state index is 13.1. The maximum Gasteiger partial charge on any atom is 0.310 e. The first kappa shape index (κ1) is 49.0. The van der Waals surface area contributed by atoms with Crippen LogP contribution in [0.5, 0.6) is 0 Å². The molecule has 7 fully saturated rings. The van der Waals surface area contributed by atoms with Gasteiger partial charge in [-0.05, 0) is 109 Å². The van der Waals surface area contributed by atoms with E-state index in [4.69, 9.17) is 28.4 Å². The summed E-state index contributed by atoms with van der Waals surface area (Å²) < 4.78 is 35.3. The molecule has 0 aromatic rings. The van der Waals surface area contributed by atoms with Crippen molar-refractivity contribution in [2.75, 3.05) is 19.8 Å². The second-order valence-electron chi connectivity index (χ2n) is 23.1. The first-order valence-electron chi connectivity index (χ1n) is 23.7. The van der Waals surface area contributed by atoms with Crippen molar-refractivity contribution in [2.24, 2.45) is 50.2 Å². The highest BCUT2D eigenvalue weighted by Gasteiger charge is 2.70. The average molecular weight is 913 g/mol. The number of aliphatic carboxylic acids is 1. The number of carboxylic acid groups (broad SMARTS) is 1. The molecule has 0 spiro atoms. The highest BCUT2D eigenvalue weighted by Crippen LogP contribution is 2.76. The Hall–Kier alpha value is -1.39. The number of rotatable bonds is 9. The van der Waals surface area contributed by atoms with Crippen LogP contribution in [-0.4, -0.2) is 169 Å². The van der Waals surface area contributed by atoms with Crippen LogP contribution in [0.15, 0.2) is 11.6 Å². The number of fused-ring (bicyclic) bond motifs is 7. The fourth-order valence-corrected chi connectivity index (χ4v) is 14.8. The van der Waals surface area contributed by atoms with Crippen LogP contribution < -0.4 is 0 Å². The summed E-state index contributed by atoms with van der Waals surface area (Å²) >= 11 is 0. The number of carbonyl (C=O) groups is 1. The molecule has 8 rings (SSSR count). The Balaban J connectivity index is 0.974. The summed E-state index contributed by atoms with van der Waals surface area (Å²) in [6.45, 7) is 14.8. The lowest BCUT2D eigenvalue weighted by molar-refractivity contribution is -0.372. The smallest absolute Gasteiger partial charge is 0.310 e. The van der Waals surface area contributed by atoms with Gasteiger partial charge in [0, 0.05) is 0 Å². The minimum Gasteiger partial charge on any atom is -0.481 e. The quantitative estimate of drug-likeness (QED) is 0.116. The van der Waals surface area contributed by atoms with Gasteiger partial charge in [0.05, 0.1) is 31.3 Å². The van der Waals surface area contributed by atoms with E-state index < -0.39 is 122 Å². The third kappa shape index (κ3) is 7.67. The summed E-state index contributed by atoms with van der Waals surface area (Å²) in [6.07, 6.45) is -11.7. The summed E-state index contributed by atoms with van der Waals surface area (Å²) in [6, 6.07) is 0. The fourth-order valence-electron chi connectivity index (χ4n) is 14.8. The Morgan fingerprint density at radius 3 is 2.05 bits per heavy atom. The van der Waals surface area contributed by atoms with Gasteiger partial charge in [0.2, 0.25) is 0 Å². The third-order valence-corrected chi connectivity index (χ3v) is 19.0. The van der Waals surface area contributed by atoms with Gasteiger partial charge in [-0.15, -0.1) is 0 Å². The Morgan fingerprint density at radius 1 is 0.703 bits per heavy atom. The fraction of sp³-hybridized carbons (Fsp3) is 0.936. The van der Waals surface area contributed by atoms with Gasteiger partial charge in [0.15, 0.2) is 18.9 Å². The van der Waals surface area contributed by atoms with Crippen molar-refractivity contribution < 1.29 is 84.3 Å². The van der Waals surface area contributed by atoms with Crippen molar-refractivity contribution in [3.05, 3.63) is 11.6 Å². The Morgan fingerprint density at radius 2 is 1.36 bits per heavy atom. The molecule has 0 bridgehead atoms. The van der Waals surface area contributed by atoms with Crippen LogP contribution >= 0.6 is 0 Å². The summed E-state index contributed by atoms with van der Waals surface area (Å²) in [5.41, 5.74) is 0.0541. The minimum absolute atomic E-state index is 0.0243. The summed E-state index contributed by atoms with van der Waals surface area (Å²) in [5, 5.41) is 107. The predicted molar refractivity (Wildman–Crippen MR) is 225 cm³/mol. The normalized spacial score (nSPS) is 53.5. The van der Waals surface area contributed by atoms with Crippen LogP contribution in [0.3, 0.4) is 0 Å². The van der Waals surface area contributed by atoms with Crippen molar-refractivity contribution >= 4 is 5.97 Å². The van der Waals surface area contributed by atoms with Gasteiger partial charge in [-0.25, -0.2) is 0 Å². The zero-order valence-electron chi connectivity index (χ0n) is 38.5. The first-order valence-corrected chi connectivity index (χ1v) is 23.7. The number of aliphatic hydroxyl groups is 9. The highest BCUT2D eigenvalue weighted by atomic mass is 16.7. The van der Waals surface area contributed by atoms with E-state index in [9.17, 15) is 55.9 Å². The topological polar surface area (TPSA) is 275 Å². The number of ether oxygens (including phenoxy) is 6. The Bertz CT molecular complexity index is 1740. The average Bonchev–Trinajstić information content (AvgIpc) is 3.23. The van der Waals surface area contributed by atoms with Gasteiger partial charge in [0.25, 0.3) is 0 Å². The molecular formula is C47H76O17. The van der Waals surface area contributed by atoms with Crippen LogP contribution in [0.25, 0.3) is 0 Å². The zero-order valence-corrected chi connectivity index (χ0v) is 38.5. The lowest BCUT2D eigenvalue weighted by Gasteiger charge is -2.71. The van der Waals surface area contributed by atoms with E-state index in [2.05, 4.69) is 54.5 Å². The minimum atomic E-state index is -1.86. The number of aliphatic hydroxyl groups excluding tert-OH is 9. The molecule has 64 heavy (non-hydrogen) atoms. The van der Waals surface area contributed by atoms with Crippen molar-refractivity contribution in [3.63, 3.8) is 0 Å². The van der Waals surface area contributed by atoms with E-state index in [1.54, 1.807) is 0 Å². The lowest BCUT2D eigenvalue weighted by atomic mass is 9.33. The van der Waals surface area contributed by atoms with E-state index in [0.29, 0.717) is 18.8 Å². The second kappa shape index (κ2) is 17.2. The van der Waals surface area contributed by atoms with Crippen molar-refractivity contribution in [2.45, 2.75) is 205 Å². The monoisotopic (exact) mass is 913 g/mol. The van der Waals surface area contributed by atoms with Crippen LogP contribution in [0.4, 0.5) is 0 Å². The van der Waals surface area contributed by atoms with Crippen LogP contribution in [0.1, 0.15) is 113 Å². The van der Waals surface area contributed by atoms with Crippen molar-refractivity contribution in [3.8, 4) is 0 Å². The largest absolute Gasteiger partial charge is 0.481 e. The summed E-state index contributed by atoms with van der Waals surface area (Å²) in [4.78, 5) is 13.1. The van der Waals surface area contributed by atoms with Crippen LogP contribution in [-0.2, 0) is 33.2 Å². The SMILES string of the molecule is CC1(C)CC[C@]2(C(=O)O)CC[C@]3(C)C(=CC[C@@H]4[C@@]5(C)CC[C@H](O[C@@H]6O[C@H](CO)[C@@H](O)[C@H](O[C@@H]7O[C@H](CO[C@@H]8OC[C@@H](O)[C@H](O)[C@H]8O)[C@@H](O)[C@H](O)[C@H]7O)[C@H]6O)C(C)(C)[C@@H]5CC[C@]43C)[C@@H]2C1. The molecule has 3 heterocycles. The first-order chi connectivity index (χ1) is 29.9. The molecule has 17 nitrogen and oxygen atoms in total. The van der Waals surface area contributed by atoms with Gasteiger partial charge < -0.3 is 79.5 Å². The number of hydrogen-bond acceptors (Lipinski definition) is 16. The summed E-state index contributed by atoms with van der Waals surface area (Å²) in [5.74, 6) is -0.0646. The number of allylic oxidation sites excluding steroid dienone is 2. The zero-order chi connectivity index (χ0) is 46.7. The molecule has 10 N–H and O–H groups in total. The molecule has 0 aromatic carbocycles.